The summed E-state index contributed by atoms with van der Waals surface area (Å²) in [7, 11) is -3.24. The smallest absolute Gasteiger partial charge is 0.423 e. The summed E-state index contributed by atoms with van der Waals surface area (Å²) in [6, 6.07) is 7.15. The third-order valence-corrected chi connectivity index (χ3v) is 11.4. The van der Waals surface area contributed by atoms with E-state index >= 15 is 0 Å². The Bertz CT molecular complexity index is 495. The molecule has 1 unspecified atom stereocenters. The van der Waals surface area contributed by atoms with Gasteiger partial charge in [0.25, 0.3) is 0 Å². The standard InChI is InChI=1S/C20H37BO4Si/c1-15(2)26(16(3)4,17(5)6)25-13-18(7)12-24-14-19-8-10-20(11-9-19)21(22)23/h8-11,15-18,22-23H,12-14H2,1-7H3. The van der Waals surface area contributed by atoms with Gasteiger partial charge in [0.15, 0.2) is 8.32 Å². The van der Waals surface area contributed by atoms with Gasteiger partial charge in [-0.25, -0.2) is 0 Å². The van der Waals surface area contributed by atoms with Crippen LogP contribution < -0.4 is 5.46 Å². The first kappa shape index (κ1) is 23.4. The molecule has 26 heavy (non-hydrogen) atoms. The van der Waals surface area contributed by atoms with Crippen molar-refractivity contribution < 1.29 is 19.2 Å². The third kappa shape index (κ3) is 6.20. The largest absolute Gasteiger partial charge is 0.488 e. The van der Waals surface area contributed by atoms with Crippen molar-refractivity contribution in [1.82, 2.24) is 0 Å². The molecule has 4 nitrogen and oxygen atoms in total. The van der Waals surface area contributed by atoms with Crippen molar-refractivity contribution in [1.29, 1.82) is 0 Å². The number of hydrogen-bond acceptors (Lipinski definition) is 4. The Balaban J connectivity index is 2.49. The van der Waals surface area contributed by atoms with Gasteiger partial charge >= 0.3 is 7.12 Å². The van der Waals surface area contributed by atoms with Crippen molar-refractivity contribution in [2.45, 2.75) is 71.7 Å². The molecule has 0 heterocycles. The summed E-state index contributed by atoms with van der Waals surface area (Å²) in [6.45, 7) is 17.9. The molecule has 6 heteroatoms. The molecule has 0 aliphatic heterocycles. The van der Waals surface area contributed by atoms with E-state index in [2.05, 4.69) is 48.5 Å². The van der Waals surface area contributed by atoms with E-state index in [9.17, 15) is 0 Å². The fourth-order valence-corrected chi connectivity index (χ4v) is 9.57. The second-order valence-electron chi connectivity index (χ2n) is 8.36. The number of benzene rings is 1. The molecule has 1 aromatic carbocycles. The van der Waals surface area contributed by atoms with Gasteiger partial charge in [0.1, 0.15) is 0 Å². The van der Waals surface area contributed by atoms with Crippen molar-refractivity contribution >= 4 is 20.9 Å². The maximum Gasteiger partial charge on any atom is 0.488 e. The Kier molecular flexibility index (Phi) is 9.55. The van der Waals surface area contributed by atoms with Crippen LogP contribution >= 0.6 is 0 Å². The van der Waals surface area contributed by atoms with Gasteiger partial charge in [0, 0.05) is 12.5 Å². The minimum Gasteiger partial charge on any atom is -0.423 e. The van der Waals surface area contributed by atoms with E-state index < -0.39 is 15.4 Å². The molecule has 1 rings (SSSR count). The topological polar surface area (TPSA) is 58.9 Å². The second kappa shape index (κ2) is 10.6. The SMILES string of the molecule is CC(COCc1ccc(B(O)O)cc1)CO[Si](C(C)C)(C(C)C)C(C)C. The molecule has 148 valence electrons. The summed E-state index contributed by atoms with van der Waals surface area (Å²) in [5.41, 5.74) is 3.30. The van der Waals surface area contributed by atoms with E-state index in [-0.39, 0.29) is 0 Å². The summed E-state index contributed by atoms with van der Waals surface area (Å²) >= 11 is 0. The van der Waals surface area contributed by atoms with E-state index in [1.807, 2.05) is 12.1 Å². The summed E-state index contributed by atoms with van der Waals surface area (Å²) in [4.78, 5) is 0. The van der Waals surface area contributed by atoms with Gasteiger partial charge in [0.2, 0.25) is 0 Å². The van der Waals surface area contributed by atoms with Gasteiger partial charge in [-0.05, 0) is 27.6 Å². The predicted octanol–water partition coefficient (Wildman–Crippen LogP) is 3.71. The van der Waals surface area contributed by atoms with Crippen LogP contribution in [0.2, 0.25) is 16.6 Å². The van der Waals surface area contributed by atoms with Gasteiger partial charge < -0.3 is 19.2 Å². The number of ether oxygens (including phenoxy) is 1. The van der Waals surface area contributed by atoms with Crippen LogP contribution in [0.15, 0.2) is 24.3 Å². The Morgan fingerprint density at radius 1 is 0.846 bits per heavy atom. The number of hydrogen-bond donors (Lipinski definition) is 2. The van der Waals surface area contributed by atoms with Crippen LogP contribution in [0.5, 0.6) is 0 Å². The Labute approximate surface area is 161 Å². The van der Waals surface area contributed by atoms with Gasteiger partial charge in [0.05, 0.1) is 13.2 Å². The molecule has 0 amide bonds. The average Bonchev–Trinajstić information content (AvgIpc) is 2.54. The Morgan fingerprint density at radius 2 is 1.35 bits per heavy atom. The zero-order chi connectivity index (χ0) is 19.9. The maximum absolute atomic E-state index is 9.12. The molecule has 0 spiro atoms. The molecule has 0 aromatic heterocycles. The minimum absolute atomic E-state index is 0.344. The molecule has 1 aromatic rings. The quantitative estimate of drug-likeness (QED) is 0.575. The average molecular weight is 380 g/mol. The van der Waals surface area contributed by atoms with E-state index in [1.165, 1.54) is 0 Å². The Hall–Kier alpha value is -0.658. The lowest BCUT2D eigenvalue weighted by atomic mass is 9.80. The van der Waals surface area contributed by atoms with Crippen molar-refractivity contribution in [3.63, 3.8) is 0 Å². The lowest BCUT2D eigenvalue weighted by Crippen LogP contribution is -2.48. The first-order valence-corrected chi connectivity index (χ1v) is 11.9. The van der Waals surface area contributed by atoms with Crippen molar-refractivity contribution in [2.75, 3.05) is 13.2 Å². The molecular formula is C20H37BO4Si. The van der Waals surface area contributed by atoms with Crippen molar-refractivity contribution in [2.24, 2.45) is 5.92 Å². The fourth-order valence-electron chi connectivity index (χ4n) is 4.00. The zero-order valence-corrected chi connectivity index (χ0v) is 18.5. The van der Waals surface area contributed by atoms with Crippen LogP contribution in [-0.2, 0) is 15.8 Å². The van der Waals surface area contributed by atoms with Crippen LogP contribution in [0.1, 0.15) is 54.0 Å². The van der Waals surface area contributed by atoms with Crippen molar-refractivity contribution in [3.8, 4) is 0 Å². The van der Waals surface area contributed by atoms with Gasteiger partial charge in [-0.15, -0.1) is 0 Å². The lowest BCUT2D eigenvalue weighted by Gasteiger charge is -2.42. The highest BCUT2D eigenvalue weighted by Crippen LogP contribution is 2.42. The summed E-state index contributed by atoms with van der Waals surface area (Å²) in [6.07, 6.45) is 0. The van der Waals surface area contributed by atoms with Crippen molar-refractivity contribution in [3.05, 3.63) is 29.8 Å². The molecular weight excluding hydrogens is 343 g/mol. The van der Waals surface area contributed by atoms with Crippen LogP contribution in [0.4, 0.5) is 0 Å². The molecule has 0 aliphatic rings. The summed E-state index contributed by atoms with van der Waals surface area (Å²) < 4.78 is 12.5. The summed E-state index contributed by atoms with van der Waals surface area (Å²) in [5.74, 6) is 0.344. The molecule has 0 aliphatic carbocycles. The lowest BCUT2D eigenvalue weighted by molar-refractivity contribution is 0.0707. The molecule has 0 saturated heterocycles. The Morgan fingerprint density at radius 3 is 1.77 bits per heavy atom. The molecule has 0 fully saturated rings. The molecule has 1 atom stereocenters. The zero-order valence-electron chi connectivity index (χ0n) is 17.5. The molecule has 0 radical (unpaired) electrons. The predicted molar refractivity (Wildman–Crippen MR) is 112 cm³/mol. The normalized spacial score (nSPS) is 13.7. The van der Waals surface area contributed by atoms with E-state index in [4.69, 9.17) is 19.2 Å². The monoisotopic (exact) mass is 380 g/mol. The number of rotatable bonds is 11. The van der Waals surface area contributed by atoms with Gasteiger partial charge in [-0.3, -0.25) is 0 Å². The fraction of sp³-hybridized carbons (Fsp3) is 0.700. The van der Waals surface area contributed by atoms with E-state index in [0.717, 1.165) is 12.2 Å². The van der Waals surface area contributed by atoms with Crippen LogP contribution in [0, 0.1) is 5.92 Å². The highest BCUT2D eigenvalue weighted by molar-refractivity contribution is 6.77. The van der Waals surface area contributed by atoms with E-state index in [0.29, 0.717) is 41.2 Å². The van der Waals surface area contributed by atoms with Gasteiger partial charge in [-0.2, -0.15) is 0 Å². The third-order valence-electron chi connectivity index (χ3n) is 5.27. The molecule has 0 bridgehead atoms. The second-order valence-corrected chi connectivity index (χ2v) is 13.8. The molecule has 0 saturated carbocycles. The first-order chi connectivity index (χ1) is 12.1. The highest BCUT2D eigenvalue weighted by atomic mass is 28.4. The van der Waals surface area contributed by atoms with Gasteiger partial charge in [-0.1, -0.05) is 72.7 Å². The highest BCUT2D eigenvalue weighted by Gasteiger charge is 2.45. The maximum atomic E-state index is 9.12. The van der Waals surface area contributed by atoms with E-state index in [1.54, 1.807) is 12.1 Å². The van der Waals surface area contributed by atoms with Crippen LogP contribution in [-0.4, -0.2) is 38.7 Å². The molecule has 2 N–H and O–H groups in total. The summed E-state index contributed by atoms with van der Waals surface area (Å²) in [5, 5.41) is 18.2. The first-order valence-electron chi connectivity index (χ1n) is 9.77. The minimum atomic E-state index is -1.81. The van der Waals surface area contributed by atoms with Crippen LogP contribution in [0.25, 0.3) is 0 Å². The van der Waals surface area contributed by atoms with Crippen LogP contribution in [0.3, 0.4) is 0 Å².